The zero-order valence-corrected chi connectivity index (χ0v) is 10.6. The molecule has 0 bridgehead atoms. The van der Waals surface area contributed by atoms with Crippen LogP contribution in [0.25, 0.3) is 0 Å². The van der Waals surface area contributed by atoms with Gasteiger partial charge in [0, 0.05) is 12.2 Å². The lowest BCUT2D eigenvalue weighted by Crippen LogP contribution is -2.42. The number of benzene rings is 1. The summed E-state index contributed by atoms with van der Waals surface area (Å²) in [6.07, 6.45) is -0.376. The molecule has 4 heteroatoms. The Bertz CT molecular complexity index is 474. The van der Waals surface area contributed by atoms with Gasteiger partial charge in [-0.25, -0.2) is 4.79 Å². The first-order valence-electron chi connectivity index (χ1n) is 6.05. The van der Waals surface area contributed by atoms with E-state index in [0.717, 1.165) is 5.69 Å². The maximum absolute atomic E-state index is 11.7. The van der Waals surface area contributed by atoms with Crippen LogP contribution in [0.15, 0.2) is 24.3 Å². The Labute approximate surface area is 107 Å². The molecule has 1 amide bonds. The lowest BCUT2D eigenvalue weighted by molar-refractivity contribution is 0.127. The van der Waals surface area contributed by atoms with Crippen molar-refractivity contribution in [3.05, 3.63) is 29.8 Å². The first-order valence-corrected chi connectivity index (χ1v) is 6.05. The number of carbonyl (C=O) groups is 1. The highest BCUT2D eigenvalue weighted by molar-refractivity contribution is 5.88. The molecule has 4 nitrogen and oxygen atoms in total. The average Bonchev–Trinajstić information content (AvgIpc) is 2.39. The second kappa shape index (κ2) is 5.09. The van der Waals surface area contributed by atoms with Crippen LogP contribution in [0.4, 0.5) is 10.5 Å². The SMILES string of the molecule is CC(C)c1ccc(N2CC(C#N)COC2=O)cc1. The third-order valence-corrected chi connectivity index (χ3v) is 3.09. The fraction of sp³-hybridized carbons (Fsp3) is 0.429. The smallest absolute Gasteiger partial charge is 0.414 e. The average molecular weight is 244 g/mol. The first-order chi connectivity index (χ1) is 8.61. The Balaban J connectivity index is 2.19. The van der Waals surface area contributed by atoms with Crippen molar-refractivity contribution < 1.29 is 9.53 Å². The molecule has 1 saturated heterocycles. The molecule has 1 aromatic rings. The van der Waals surface area contributed by atoms with Gasteiger partial charge in [-0.05, 0) is 23.6 Å². The summed E-state index contributed by atoms with van der Waals surface area (Å²) in [5.41, 5.74) is 2.00. The minimum Gasteiger partial charge on any atom is -0.448 e. The molecular weight excluding hydrogens is 228 g/mol. The summed E-state index contributed by atoms with van der Waals surface area (Å²) >= 11 is 0. The third kappa shape index (κ3) is 2.45. The van der Waals surface area contributed by atoms with Gasteiger partial charge in [-0.2, -0.15) is 5.26 Å². The van der Waals surface area contributed by atoms with E-state index in [2.05, 4.69) is 19.9 Å². The molecule has 1 atom stereocenters. The number of carbonyl (C=O) groups excluding carboxylic acids is 1. The molecule has 0 N–H and O–H groups in total. The Morgan fingerprint density at radius 1 is 1.39 bits per heavy atom. The lowest BCUT2D eigenvalue weighted by Gasteiger charge is -2.29. The Morgan fingerprint density at radius 3 is 2.61 bits per heavy atom. The summed E-state index contributed by atoms with van der Waals surface area (Å²) in [6.45, 7) is 4.83. The number of amides is 1. The van der Waals surface area contributed by atoms with Gasteiger partial charge in [0.05, 0.1) is 12.0 Å². The van der Waals surface area contributed by atoms with E-state index < -0.39 is 0 Å². The molecule has 0 aliphatic carbocycles. The zero-order valence-electron chi connectivity index (χ0n) is 10.6. The minimum absolute atomic E-state index is 0.190. The van der Waals surface area contributed by atoms with Crippen LogP contribution in [0.3, 0.4) is 0 Å². The van der Waals surface area contributed by atoms with Crippen molar-refractivity contribution >= 4 is 11.8 Å². The Kier molecular flexibility index (Phi) is 3.52. The van der Waals surface area contributed by atoms with Crippen molar-refractivity contribution in [3.8, 4) is 6.07 Å². The summed E-state index contributed by atoms with van der Waals surface area (Å²) in [4.78, 5) is 13.2. The van der Waals surface area contributed by atoms with Crippen LogP contribution in [0.1, 0.15) is 25.3 Å². The lowest BCUT2D eigenvalue weighted by atomic mass is 10.0. The van der Waals surface area contributed by atoms with E-state index in [9.17, 15) is 4.79 Å². The number of rotatable bonds is 2. The summed E-state index contributed by atoms with van der Waals surface area (Å²) in [5, 5.41) is 8.89. The van der Waals surface area contributed by atoms with Crippen LogP contribution < -0.4 is 4.90 Å². The molecule has 1 heterocycles. The van der Waals surface area contributed by atoms with Crippen LogP contribution in [0, 0.1) is 17.2 Å². The van der Waals surface area contributed by atoms with Gasteiger partial charge in [-0.3, -0.25) is 4.90 Å². The van der Waals surface area contributed by atoms with Gasteiger partial charge in [0.2, 0.25) is 0 Å². The van der Waals surface area contributed by atoms with E-state index in [1.807, 2.05) is 24.3 Å². The number of nitriles is 1. The summed E-state index contributed by atoms with van der Waals surface area (Å²) in [5.74, 6) is 0.201. The fourth-order valence-electron chi connectivity index (χ4n) is 1.93. The second-order valence-corrected chi connectivity index (χ2v) is 4.76. The van der Waals surface area contributed by atoms with E-state index in [4.69, 9.17) is 10.00 Å². The molecule has 1 aromatic carbocycles. The highest BCUT2D eigenvalue weighted by Crippen LogP contribution is 2.23. The van der Waals surface area contributed by atoms with Crippen molar-refractivity contribution in [3.63, 3.8) is 0 Å². The number of hydrogen-bond donors (Lipinski definition) is 0. The Hall–Kier alpha value is -2.02. The predicted molar refractivity (Wildman–Crippen MR) is 68.3 cm³/mol. The van der Waals surface area contributed by atoms with Gasteiger partial charge in [0.1, 0.15) is 6.61 Å². The van der Waals surface area contributed by atoms with E-state index >= 15 is 0 Å². The second-order valence-electron chi connectivity index (χ2n) is 4.76. The summed E-state index contributed by atoms with van der Waals surface area (Å²) in [7, 11) is 0. The van der Waals surface area contributed by atoms with E-state index in [1.165, 1.54) is 10.5 Å². The van der Waals surface area contributed by atoms with Gasteiger partial charge in [-0.1, -0.05) is 26.0 Å². The van der Waals surface area contributed by atoms with Crippen molar-refractivity contribution in [2.24, 2.45) is 5.92 Å². The van der Waals surface area contributed by atoms with Gasteiger partial charge >= 0.3 is 6.09 Å². The van der Waals surface area contributed by atoms with Gasteiger partial charge in [-0.15, -0.1) is 0 Å². The number of anilines is 1. The number of ether oxygens (including phenoxy) is 1. The molecule has 0 saturated carbocycles. The largest absolute Gasteiger partial charge is 0.448 e. The normalized spacial score (nSPS) is 19.6. The van der Waals surface area contributed by atoms with Gasteiger partial charge in [0.15, 0.2) is 0 Å². The predicted octanol–water partition coefficient (Wildman–Crippen LogP) is 2.91. The molecule has 94 valence electrons. The van der Waals surface area contributed by atoms with Gasteiger partial charge < -0.3 is 4.74 Å². The molecule has 18 heavy (non-hydrogen) atoms. The molecular formula is C14H16N2O2. The van der Waals surface area contributed by atoms with E-state index in [-0.39, 0.29) is 18.6 Å². The third-order valence-electron chi connectivity index (χ3n) is 3.09. The van der Waals surface area contributed by atoms with Crippen LogP contribution in [0.5, 0.6) is 0 Å². The highest BCUT2D eigenvalue weighted by atomic mass is 16.6. The van der Waals surface area contributed by atoms with Crippen molar-refractivity contribution in [1.29, 1.82) is 5.26 Å². The number of cyclic esters (lactones) is 1. The number of hydrogen-bond acceptors (Lipinski definition) is 3. The highest BCUT2D eigenvalue weighted by Gasteiger charge is 2.28. The first kappa shape index (κ1) is 12.4. The van der Waals surface area contributed by atoms with Crippen LogP contribution >= 0.6 is 0 Å². The number of nitrogens with zero attached hydrogens (tertiary/aromatic N) is 2. The monoisotopic (exact) mass is 244 g/mol. The molecule has 0 aromatic heterocycles. The molecule has 1 fully saturated rings. The maximum Gasteiger partial charge on any atom is 0.414 e. The molecule has 1 aliphatic heterocycles. The molecule has 2 rings (SSSR count). The summed E-state index contributed by atoms with van der Waals surface area (Å²) in [6, 6.07) is 9.94. The zero-order chi connectivity index (χ0) is 13.1. The van der Waals surface area contributed by atoms with Crippen molar-refractivity contribution in [2.45, 2.75) is 19.8 Å². The van der Waals surface area contributed by atoms with Crippen molar-refractivity contribution in [2.75, 3.05) is 18.1 Å². The fourth-order valence-corrected chi connectivity index (χ4v) is 1.93. The van der Waals surface area contributed by atoms with E-state index in [0.29, 0.717) is 12.5 Å². The standard InChI is InChI=1S/C14H16N2O2/c1-10(2)12-3-5-13(6-4-12)16-8-11(7-15)9-18-14(16)17/h3-6,10-11H,8-9H2,1-2H3. The maximum atomic E-state index is 11.7. The Morgan fingerprint density at radius 2 is 2.06 bits per heavy atom. The van der Waals surface area contributed by atoms with Crippen LogP contribution in [-0.2, 0) is 4.74 Å². The minimum atomic E-state index is -0.376. The summed E-state index contributed by atoms with van der Waals surface area (Å²) < 4.78 is 4.99. The molecule has 1 aliphatic rings. The van der Waals surface area contributed by atoms with Gasteiger partial charge in [0.25, 0.3) is 0 Å². The van der Waals surface area contributed by atoms with Crippen LogP contribution in [0.2, 0.25) is 0 Å². The molecule has 1 unspecified atom stereocenters. The van der Waals surface area contributed by atoms with Crippen molar-refractivity contribution in [1.82, 2.24) is 0 Å². The topological polar surface area (TPSA) is 53.3 Å². The molecule has 0 radical (unpaired) electrons. The van der Waals surface area contributed by atoms with Crippen LogP contribution in [-0.4, -0.2) is 19.2 Å². The molecule has 0 spiro atoms. The van der Waals surface area contributed by atoms with E-state index in [1.54, 1.807) is 0 Å². The quantitative estimate of drug-likeness (QED) is 0.803.